The van der Waals surface area contributed by atoms with E-state index in [-0.39, 0.29) is 0 Å². The van der Waals surface area contributed by atoms with E-state index in [0.717, 1.165) is 19.2 Å². The van der Waals surface area contributed by atoms with Gasteiger partial charge in [-0.05, 0) is 0 Å². The van der Waals surface area contributed by atoms with Gasteiger partial charge in [-0.2, -0.15) is 0 Å². The Morgan fingerprint density at radius 2 is 1.67 bits per heavy atom. The van der Waals surface area contributed by atoms with Gasteiger partial charge in [-0.15, -0.1) is 0 Å². The fraction of sp³-hybridized carbons (Fsp3) is 0.667. The molecule has 0 aromatic carbocycles. The number of nitrogens with one attached hydrogen (secondary N) is 3. The summed E-state index contributed by atoms with van der Waals surface area (Å²) in [6.45, 7) is 9.30. The molecule has 0 saturated carbocycles. The molecule has 0 atom stereocenters. The molecule has 0 unspecified atom stereocenters. The zero-order chi connectivity index (χ0) is 7.11. The van der Waals surface area contributed by atoms with Gasteiger partial charge in [0.15, 0.2) is 0 Å². The minimum atomic E-state index is 0.825. The molecular formula is C6H15N3. The van der Waals surface area contributed by atoms with Crippen molar-refractivity contribution in [3.63, 3.8) is 0 Å². The number of hydrogen-bond acceptors (Lipinski definition) is 3. The maximum atomic E-state index is 3.65. The first-order valence-corrected chi connectivity index (χ1v) is 3.27. The Hall–Kier alpha value is -0.700. The molecule has 1 saturated heterocycles. The first-order chi connectivity index (χ1) is 4.39. The summed E-state index contributed by atoms with van der Waals surface area (Å²) in [6.07, 6.45) is 0. The minimum Gasteiger partial charge on any atom is -0.360 e. The van der Waals surface area contributed by atoms with Crippen molar-refractivity contribution in [2.45, 2.75) is 13.8 Å². The normalized spacial score (nSPS) is 16.4. The molecule has 0 aromatic heterocycles. The van der Waals surface area contributed by atoms with Crippen LogP contribution in [0.2, 0.25) is 0 Å². The van der Waals surface area contributed by atoms with Crippen LogP contribution in [0.3, 0.4) is 0 Å². The maximum Gasteiger partial charge on any atom is 0.0932 e. The van der Waals surface area contributed by atoms with E-state index in [9.17, 15) is 0 Å². The number of rotatable bonds is 0. The summed E-state index contributed by atoms with van der Waals surface area (Å²) in [5.74, 6) is 0.902. The van der Waals surface area contributed by atoms with Gasteiger partial charge in [0, 0.05) is 0 Å². The third-order valence-electron chi connectivity index (χ3n) is 0.854. The zero-order valence-electron chi connectivity index (χ0n) is 6.12. The van der Waals surface area contributed by atoms with Crippen LogP contribution in [0, 0.1) is 0 Å². The van der Waals surface area contributed by atoms with Gasteiger partial charge in [-0.3, -0.25) is 5.32 Å². The molecule has 1 heterocycles. The largest absolute Gasteiger partial charge is 0.360 e. The van der Waals surface area contributed by atoms with Gasteiger partial charge in [0.05, 0.1) is 19.2 Å². The van der Waals surface area contributed by atoms with E-state index < -0.39 is 0 Å². The van der Waals surface area contributed by atoms with Crippen molar-refractivity contribution in [2.24, 2.45) is 0 Å². The second-order valence-corrected chi connectivity index (χ2v) is 1.44. The molecule has 1 aliphatic rings. The molecule has 1 rings (SSSR count). The summed E-state index contributed by atoms with van der Waals surface area (Å²) in [5, 5.41) is 8.96. The Morgan fingerprint density at radius 1 is 1.22 bits per heavy atom. The van der Waals surface area contributed by atoms with Crippen molar-refractivity contribution in [1.82, 2.24) is 16.0 Å². The molecule has 1 fully saturated rings. The molecule has 3 N–H and O–H groups in total. The highest BCUT2D eigenvalue weighted by atomic mass is 15.3. The average Bonchev–Trinajstić information content (AvgIpc) is 1.94. The lowest BCUT2D eigenvalue weighted by atomic mass is 10.7. The molecule has 0 amide bonds. The van der Waals surface area contributed by atoms with Gasteiger partial charge in [0.25, 0.3) is 0 Å². The lowest BCUT2D eigenvalue weighted by molar-refractivity contribution is 0.510. The van der Waals surface area contributed by atoms with Crippen molar-refractivity contribution < 1.29 is 0 Å². The highest BCUT2D eigenvalue weighted by Crippen LogP contribution is 1.75. The zero-order valence-corrected chi connectivity index (χ0v) is 6.12. The van der Waals surface area contributed by atoms with E-state index in [2.05, 4.69) is 22.5 Å². The summed E-state index contributed by atoms with van der Waals surface area (Å²) >= 11 is 0. The predicted molar refractivity (Wildman–Crippen MR) is 39.6 cm³/mol. The molecule has 0 aliphatic carbocycles. The first kappa shape index (κ1) is 8.30. The topological polar surface area (TPSA) is 36.1 Å². The molecule has 0 bridgehead atoms. The van der Waals surface area contributed by atoms with Crippen molar-refractivity contribution in [2.75, 3.05) is 13.3 Å². The minimum absolute atomic E-state index is 0.825. The Labute approximate surface area is 56.5 Å². The average molecular weight is 129 g/mol. The van der Waals surface area contributed by atoms with Crippen LogP contribution in [0.1, 0.15) is 13.8 Å². The van der Waals surface area contributed by atoms with Gasteiger partial charge >= 0.3 is 0 Å². The van der Waals surface area contributed by atoms with Crippen molar-refractivity contribution in [3.8, 4) is 0 Å². The summed E-state index contributed by atoms with van der Waals surface area (Å²) < 4.78 is 0. The quantitative estimate of drug-likeness (QED) is 0.436. The van der Waals surface area contributed by atoms with Gasteiger partial charge < -0.3 is 10.6 Å². The van der Waals surface area contributed by atoms with Gasteiger partial charge in [-0.1, -0.05) is 20.4 Å². The van der Waals surface area contributed by atoms with E-state index in [1.165, 1.54) is 0 Å². The van der Waals surface area contributed by atoms with Crippen LogP contribution in [0.4, 0.5) is 0 Å². The molecule has 3 nitrogen and oxygen atoms in total. The Balaban J connectivity index is 0.000000291. The van der Waals surface area contributed by atoms with E-state index in [0.29, 0.717) is 0 Å². The summed E-state index contributed by atoms with van der Waals surface area (Å²) in [5.41, 5.74) is 0. The van der Waals surface area contributed by atoms with E-state index in [1.807, 2.05) is 13.8 Å². The van der Waals surface area contributed by atoms with E-state index in [4.69, 9.17) is 0 Å². The monoisotopic (exact) mass is 129 g/mol. The van der Waals surface area contributed by atoms with Crippen molar-refractivity contribution in [3.05, 3.63) is 12.4 Å². The third-order valence-corrected chi connectivity index (χ3v) is 0.854. The van der Waals surface area contributed by atoms with Crippen LogP contribution in [0.5, 0.6) is 0 Å². The summed E-state index contributed by atoms with van der Waals surface area (Å²) in [4.78, 5) is 0. The Bertz CT molecular complexity index is 72.4. The van der Waals surface area contributed by atoms with Crippen molar-refractivity contribution in [1.29, 1.82) is 0 Å². The highest BCUT2D eigenvalue weighted by Gasteiger charge is 1.94. The van der Waals surface area contributed by atoms with Crippen molar-refractivity contribution >= 4 is 0 Å². The lowest BCUT2D eigenvalue weighted by Gasteiger charge is -2.18. The highest BCUT2D eigenvalue weighted by molar-refractivity contribution is 4.89. The molecule has 0 spiro atoms. The molecular weight excluding hydrogens is 114 g/mol. The second-order valence-electron chi connectivity index (χ2n) is 1.44. The fourth-order valence-corrected chi connectivity index (χ4v) is 0.463. The third kappa shape index (κ3) is 3.85. The van der Waals surface area contributed by atoms with Gasteiger partial charge in [0.2, 0.25) is 0 Å². The van der Waals surface area contributed by atoms with E-state index in [1.54, 1.807) is 0 Å². The number of hydrogen-bond donors (Lipinski definition) is 3. The van der Waals surface area contributed by atoms with Crippen LogP contribution in [0.15, 0.2) is 12.4 Å². The first-order valence-electron chi connectivity index (χ1n) is 3.27. The molecule has 0 radical (unpaired) electrons. The second kappa shape index (κ2) is 5.44. The van der Waals surface area contributed by atoms with E-state index >= 15 is 0 Å². The molecule has 3 heteroatoms. The SMILES string of the molecule is C=C1NCNCN1.CC. The maximum absolute atomic E-state index is 3.65. The molecule has 1 aliphatic heterocycles. The van der Waals surface area contributed by atoms with Gasteiger partial charge in [-0.25, -0.2) is 0 Å². The summed E-state index contributed by atoms with van der Waals surface area (Å²) in [7, 11) is 0. The van der Waals surface area contributed by atoms with Crippen LogP contribution < -0.4 is 16.0 Å². The lowest BCUT2D eigenvalue weighted by Crippen LogP contribution is -2.45. The predicted octanol–water partition coefficient (Wildman–Crippen LogP) is 0.181. The van der Waals surface area contributed by atoms with Crippen LogP contribution >= 0.6 is 0 Å². The molecule has 9 heavy (non-hydrogen) atoms. The Kier molecular flexibility index (Phi) is 5.01. The van der Waals surface area contributed by atoms with Crippen LogP contribution in [-0.2, 0) is 0 Å². The van der Waals surface area contributed by atoms with Crippen LogP contribution in [-0.4, -0.2) is 13.3 Å². The standard InChI is InChI=1S/C4H9N3.C2H6/c1-4-6-2-5-3-7-4;1-2/h5-7H,1-3H2;1-2H3. The van der Waals surface area contributed by atoms with Crippen LogP contribution in [0.25, 0.3) is 0 Å². The molecule has 0 aromatic rings. The fourth-order valence-electron chi connectivity index (χ4n) is 0.463. The molecule has 54 valence electrons. The Morgan fingerprint density at radius 3 is 1.89 bits per heavy atom. The van der Waals surface area contributed by atoms with Gasteiger partial charge in [0.1, 0.15) is 0 Å². The summed E-state index contributed by atoms with van der Waals surface area (Å²) in [6, 6.07) is 0. The smallest absolute Gasteiger partial charge is 0.0932 e.